The van der Waals surface area contributed by atoms with Crippen LogP contribution in [0.15, 0.2) is 35.3 Å². The van der Waals surface area contributed by atoms with Gasteiger partial charge in [0.05, 0.1) is 6.54 Å². The largest absolute Gasteiger partial charge is 0.369 e. The minimum Gasteiger partial charge on any atom is -0.369 e. The molecule has 1 amide bonds. The highest BCUT2D eigenvalue weighted by atomic mass is 16.1. The van der Waals surface area contributed by atoms with Gasteiger partial charge in [0.1, 0.15) is 0 Å². The molecular weight excluding hydrogens is 266 g/mol. The Morgan fingerprint density at radius 2 is 2.14 bits per heavy atom. The lowest BCUT2D eigenvalue weighted by Gasteiger charge is -2.20. The fourth-order valence-corrected chi connectivity index (χ4v) is 2.39. The smallest absolute Gasteiger partial charge is 0.239 e. The highest BCUT2D eigenvalue weighted by Crippen LogP contribution is 2.19. The first-order chi connectivity index (χ1) is 10.2. The number of guanidine groups is 1. The zero-order valence-electron chi connectivity index (χ0n) is 12.6. The molecule has 1 aromatic carbocycles. The van der Waals surface area contributed by atoms with Crippen LogP contribution in [0.3, 0.4) is 0 Å². The number of benzene rings is 1. The summed E-state index contributed by atoms with van der Waals surface area (Å²) < 4.78 is 0. The number of carbonyl (C=O) groups excluding carboxylic acids is 1. The molecule has 6 nitrogen and oxygen atoms in total. The summed E-state index contributed by atoms with van der Waals surface area (Å²) in [6.07, 6.45) is 1.05. The van der Waals surface area contributed by atoms with E-state index in [-0.39, 0.29) is 12.5 Å². The number of likely N-dealkylation sites (N-methyl/N-ethyl adjacent to an activating group) is 1. The third kappa shape index (κ3) is 4.37. The minimum absolute atomic E-state index is 0.0599. The number of amides is 1. The average Bonchev–Trinajstić information content (AvgIpc) is 3.00. The first-order valence-electron chi connectivity index (χ1n) is 7.20. The van der Waals surface area contributed by atoms with Gasteiger partial charge in [0.2, 0.25) is 5.91 Å². The summed E-state index contributed by atoms with van der Waals surface area (Å²) in [5.74, 6) is 0.605. The first kappa shape index (κ1) is 15.2. The predicted molar refractivity (Wildman–Crippen MR) is 85.6 cm³/mol. The summed E-state index contributed by atoms with van der Waals surface area (Å²) in [5, 5.41) is 8.95. The molecule has 21 heavy (non-hydrogen) atoms. The van der Waals surface area contributed by atoms with Crippen LogP contribution in [0.2, 0.25) is 0 Å². The van der Waals surface area contributed by atoms with Crippen molar-refractivity contribution in [1.82, 2.24) is 16.0 Å². The van der Waals surface area contributed by atoms with Crippen LogP contribution in [-0.2, 0) is 4.79 Å². The molecule has 1 saturated heterocycles. The van der Waals surface area contributed by atoms with Crippen LogP contribution in [0.5, 0.6) is 0 Å². The van der Waals surface area contributed by atoms with E-state index in [4.69, 9.17) is 0 Å². The van der Waals surface area contributed by atoms with Gasteiger partial charge >= 0.3 is 0 Å². The second-order valence-electron chi connectivity index (χ2n) is 5.01. The lowest BCUT2D eigenvalue weighted by atomic mass is 10.3. The van der Waals surface area contributed by atoms with E-state index >= 15 is 0 Å². The number of hydrogen-bond donors (Lipinski definition) is 3. The number of nitrogens with zero attached hydrogens (tertiary/aromatic N) is 2. The average molecular weight is 289 g/mol. The summed E-state index contributed by atoms with van der Waals surface area (Å²) in [4.78, 5) is 17.7. The molecule has 0 radical (unpaired) electrons. The third-order valence-electron chi connectivity index (χ3n) is 3.57. The summed E-state index contributed by atoms with van der Waals surface area (Å²) in [5.41, 5.74) is 1.25. The molecule has 0 aliphatic carbocycles. The Morgan fingerprint density at radius 3 is 2.81 bits per heavy atom. The number of para-hydroxylation sites is 1. The molecule has 1 atom stereocenters. The Bertz CT molecular complexity index is 488. The van der Waals surface area contributed by atoms with E-state index in [0.717, 1.165) is 19.5 Å². The fourth-order valence-electron chi connectivity index (χ4n) is 2.39. The molecule has 2 rings (SSSR count). The van der Waals surface area contributed by atoms with Gasteiger partial charge in [-0.25, -0.2) is 0 Å². The van der Waals surface area contributed by atoms with Gasteiger partial charge in [0.15, 0.2) is 5.96 Å². The van der Waals surface area contributed by atoms with Crippen molar-refractivity contribution < 1.29 is 4.79 Å². The Hall–Kier alpha value is -2.24. The van der Waals surface area contributed by atoms with Gasteiger partial charge < -0.3 is 20.9 Å². The molecule has 1 unspecified atom stereocenters. The van der Waals surface area contributed by atoms with Gasteiger partial charge in [-0.05, 0) is 18.6 Å². The molecule has 0 saturated carbocycles. The Morgan fingerprint density at radius 1 is 1.38 bits per heavy atom. The molecule has 1 heterocycles. The number of carbonyl (C=O) groups is 1. The van der Waals surface area contributed by atoms with Gasteiger partial charge in [0.25, 0.3) is 0 Å². The standard InChI is InChI=1S/C15H23N5O/c1-16-14(21)10-18-15(17-2)19-12-8-9-20(11-12)13-6-4-3-5-7-13/h3-7,12H,8-11H2,1-2H3,(H,16,21)(H2,17,18,19). The Balaban J connectivity index is 1.82. The van der Waals surface area contributed by atoms with Crippen molar-refractivity contribution in [2.24, 2.45) is 4.99 Å². The van der Waals surface area contributed by atoms with Crippen molar-refractivity contribution in [3.63, 3.8) is 0 Å². The van der Waals surface area contributed by atoms with Crippen LogP contribution in [0.4, 0.5) is 5.69 Å². The lowest BCUT2D eigenvalue weighted by Crippen LogP contribution is -2.47. The van der Waals surface area contributed by atoms with E-state index in [0.29, 0.717) is 12.0 Å². The zero-order chi connectivity index (χ0) is 15.1. The lowest BCUT2D eigenvalue weighted by molar-refractivity contribution is -0.119. The molecule has 0 bridgehead atoms. The quantitative estimate of drug-likeness (QED) is 0.546. The van der Waals surface area contributed by atoms with Crippen LogP contribution in [0.25, 0.3) is 0 Å². The molecule has 1 fully saturated rings. The van der Waals surface area contributed by atoms with Crippen molar-refractivity contribution in [2.45, 2.75) is 12.5 Å². The second-order valence-corrected chi connectivity index (χ2v) is 5.01. The third-order valence-corrected chi connectivity index (χ3v) is 3.57. The van der Waals surface area contributed by atoms with Gasteiger partial charge in [-0.2, -0.15) is 0 Å². The zero-order valence-corrected chi connectivity index (χ0v) is 12.6. The number of anilines is 1. The molecule has 6 heteroatoms. The number of hydrogen-bond acceptors (Lipinski definition) is 3. The van der Waals surface area contributed by atoms with Crippen LogP contribution < -0.4 is 20.9 Å². The summed E-state index contributed by atoms with van der Waals surface area (Å²) in [7, 11) is 3.33. The second kappa shape index (κ2) is 7.52. The normalized spacial score (nSPS) is 18.5. The van der Waals surface area contributed by atoms with Gasteiger partial charge in [0, 0.05) is 38.9 Å². The Labute approximate surface area is 125 Å². The van der Waals surface area contributed by atoms with E-state index in [2.05, 4.69) is 50.1 Å². The van der Waals surface area contributed by atoms with E-state index in [1.54, 1.807) is 14.1 Å². The van der Waals surface area contributed by atoms with Crippen molar-refractivity contribution in [1.29, 1.82) is 0 Å². The highest BCUT2D eigenvalue weighted by Gasteiger charge is 2.23. The molecule has 114 valence electrons. The van der Waals surface area contributed by atoms with Crippen LogP contribution in [-0.4, -0.2) is 51.6 Å². The molecule has 1 aliphatic rings. The van der Waals surface area contributed by atoms with Crippen molar-refractivity contribution in [3.8, 4) is 0 Å². The number of nitrogens with one attached hydrogen (secondary N) is 3. The summed E-state index contributed by atoms with van der Waals surface area (Å²) >= 11 is 0. The number of rotatable bonds is 4. The van der Waals surface area contributed by atoms with Gasteiger partial charge in [-0.3, -0.25) is 9.79 Å². The van der Waals surface area contributed by atoms with E-state index < -0.39 is 0 Å². The maximum Gasteiger partial charge on any atom is 0.239 e. The van der Waals surface area contributed by atoms with Crippen molar-refractivity contribution in [3.05, 3.63) is 30.3 Å². The van der Waals surface area contributed by atoms with E-state index in [9.17, 15) is 4.79 Å². The highest BCUT2D eigenvalue weighted by molar-refractivity contribution is 5.86. The van der Waals surface area contributed by atoms with Crippen LogP contribution in [0, 0.1) is 0 Å². The predicted octanol–water partition coefficient (Wildman–Crippen LogP) is 0.176. The topological polar surface area (TPSA) is 68.8 Å². The SMILES string of the molecule is CN=C(NCC(=O)NC)NC1CCN(c2ccccc2)C1. The molecule has 3 N–H and O–H groups in total. The van der Waals surface area contributed by atoms with Crippen LogP contribution >= 0.6 is 0 Å². The van der Waals surface area contributed by atoms with Crippen molar-refractivity contribution in [2.75, 3.05) is 38.6 Å². The van der Waals surface area contributed by atoms with Crippen molar-refractivity contribution >= 4 is 17.6 Å². The molecule has 0 spiro atoms. The molecule has 1 aliphatic heterocycles. The molecular formula is C15H23N5O. The maximum atomic E-state index is 11.2. The molecule has 1 aromatic rings. The fraction of sp³-hybridized carbons (Fsp3) is 0.467. The van der Waals surface area contributed by atoms with E-state index in [1.165, 1.54) is 5.69 Å². The molecule has 0 aromatic heterocycles. The Kier molecular flexibility index (Phi) is 5.43. The first-order valence-corrected chi connectivity index (χ1v) is 7.20. The van der Waals surface area contributed by atoms with Gasteiger partial charge in [-0.1, -0.05) is 18.2 Å². The van der Waals surface area contributed by atoms with E-state index in [1.807, 2.05) is 6.07 Å². The minimum atomic E-state index is -0.0599. The van der Waals surface area contributed by atoms with Gasteiger partial charge in [-0.15, -0.1) is 0 Å². The monoisotopic (exact) mass is 289 g/mol. The summed E-state index contributed by atoms with van der Waals surface area (Å²) in [6.45, 7) is 2.18. The number of aliphatic imine (C=N–C) groups is 1. The summed E-state index contributed by atoms with van der Waals surface area (Å²) in [6, 6.07) is 10.7. The van der Waals surface area contributed by atoms with Crippen LogP contribution in [0.1, 0.15) is 6.42 Å². The maximum absolute atomic E-state index is 11.2.